The molecule has 0 amide bonds. The first kappa shape index (κ1) is 10.9. The maximum Gasteiger partial charge on any atom is 0.166 e. The molecule has 82 valence electrons. The van der Waals surface area contributed by atoms with Crippen molar-refractivity contribution in [1.29, 1.82) is 0 Å². The predicted octanol–water partition coefficient (Wildman–Crippen LogP) is 2.81. The van der Waals surface area contributed by atoms with Gasteiger partial charge in [-0.1, -0.05) is 23.7 Å². The first-order chi connectivity index (χ1) is 7.77. The number of carbonyl (C=O) groups is 1. The normalized spacial score (nSPS) is 10.3. The third kappa shape index (κ3) is 2.49. The van der Waals surface area contributed by atoms with E-state index in [2.05, 4.69) is 4.98 Å². The molecule has 2 aromatic rings. The summed E-state index contributed by atoms with van der Waals surface area (Å²) in [6.45, 7) is 0.629. The van der Waals surface area contributed by atoms with Crippen LogP contribution in [0, 0.1) is 0 Å². The zero-order valence-electron chi connectivity index (χ0n) is 8.64. The molecule has 0 aliphatic carbocycles. The van der Waals surface area contributed by atoms with E-state index in [9.17, 15) is 4.79 Å². The molecule has 0 aliphatic rings. The maximum atomic E-state index is 11.8. The molecule has 0 N–H and O–H groups in total. The summed E-state index contributed by atoms with van der Waals surface area (Å²) in [5, 5.41) is 0.512. The van der Waals surface area contributed by atoms with E-state index in [1.165, 1.54) is 0 Å². The minimum absolute atomic E-state index is 0.0549. The molecule has 1 aromatic carbocycles. The van der Waals surface area contributed by atoms with E-state index >= 15 is 0 Å². The molecular formula is C12H11ClN2O. The lowest BCUT2D eigenvalue weighted by Crippen LogP contribution is -2.05. The van der Waals surface area contributed by atoms with Crippen molar-refractivity contribution in [2.24, 2.45) is 0 Å². The number of Topliss-reactive ketones (excluding diaryl/α,β-unsaturated/α-hetero) is 1. The van der Waals surface area contributed by atoms with Gasteiger partial charge in [-0.2, -0.15) is 0 Å². The first-order valence-corrected chi connectivity index (χ1v) is 5.38. The molecule has 0 atom stereocenters. The van der Waals surface area contributed by atoms with Crippen LogP contribution in [0.2, 0.25) is 5.02 Å². The van der Waals surface area contributed by atoms with Crippen LogP contribution in [-0.4, -0.2) is 15.3 Å². The van der Waals surface area contributed by atoms with E-state index in [0.29, 0.717) is 23.6 Å². The number of nitrogens with zero attached hydrogens (tertiary/aromatic N) is 2. The molecule has 0 saturated heterocycles. The van der Waals surface area contributed by atoms with Gasteiger partial charge in [0.25, 0.3) is 0 Å². The number of aromatic nitrogens is 2. The van der Waals surface area contributed by atoms with Crippen LogP contribution in [-0.2, 0) is 6.54 Å². The number of ketones is 1. The zero-order valence-corrected chi connectivity index (χ0v) is 9.39. The molecule has 1 aromatic heterocycles. The van der Waals surface area contributed by atoms with Gasteiger partial charge >= 0.3 is 0 Å². The number of hydrogen-bond acceptors (Lipinski definition) is 2. The SMILES string of the molecule is O=C(CCn1ccnc1)c1ccccc1Cl. The fourth-order valence-electron chi connectivity index (χ4n) is 1.47. The van der Waals surface area contributed by atoms with Crippen LogP contribution in [0.15, 0.2) is 43.0 Å². The highest BCUT2D eigenvalue weighted by Crippen LogP contribution is 2.16. The highest BCUT2D eigenvalue weighted by atomic mass is 35.5. The smallest absolute Gasteiger partial charge is 0.166 e. The van der Waals surface area contributed by atoms with Crippen molar-refractivity contribution in [2.45, 2.75) is 13.0 Å². The summed E-state index contributed by atoms with van der Waals surface area (Å²) in [4.78, 5) is 15.8. The molecule has 1 heterocycles. The number of rotatable bonds is 4. The van der Waals surface area contributed by atoms with Gasteiger partial charge in [-0.3, -0.25) is 4.79 Å². The summed E-state index contributed by atoms with van der Waals surface area (Å²) in [6.07, 6.45) is 5.65. The molecule has 0 unspecified atom stereocenters. The Bertz CT molecular complexity index is 480. The molecular weight excluding hydrogens is 224 g/mol. The van der Waals surface area contributed by atoms with Crippen LogP contribution in [0.25, 0.3) is 0 Å². The largest absolute Gasteiger partial charge is 0.337 e. The van der Waals surface area contributed by atoms with E-state index < -0.39 is 0 Å². The molecule has 0 radical (unpaired) electrons. The van der Waals surface area contributed by atoms with E-state index in [0.717, 1.165) is 0 Å². The molecule has 0 aliphatic heterocycles. The number of benzene rings is 1. The minimum Gasteiger partial charge on any atom is -0.337 e. The number of carbonyl (C=O) groups excluding carboxylic acids is 1. The number of hydrogen-bond donors (Lipinski definition) is 0. The number of aryl methyl sites for hydroxylation is 1. The first-order valence-electron chi connectivity index (χ1n) is 5.01. The van der Waals surface area contributed by atoms with Crippen molar-refractivity contribution < 1.29 is 4.79 Å². The summed E-state index contributed by atoms with van der Waals surface area (Å²) in [6, 6.07) is 7.11. The zero-order chi connectivity index (χ0) is 11.4. The second kappa shape index (κ2) is 4.94. The molecule has 0 fully saturated rings. The lowest BCUT2D eigenvalue weighted by atomic mass is 10.1. The lowest BCUT2D eigenvalue weighted by molar-refractivity contribution is 0.0977. The summed E-state index contributed by atoms with van der Waals surface area (Å²) in [7, 11) is 0. The Morgan fingerprint density at radius 2 is 2.19 bits per heavy atom. The van der Waals surface area contributed by atoms with Gasteiger partial charge in [-0.15, -0.1) is 0 Å². The van der Waals surface area contributed by atoms with Crippen LogP contribution in [0.5, 0.6) is 0 Å². The monoisotopic (exact) mass is 234 g/mol. The van der Waals surface area contributed by atoms with Gasteiger partial charge in [0.1, 0.15) is 0 Å². The highest BCUT2D eigenvalue weighted by molar-refractivity contribution is 6.33. The van der Waals surface area contributed by atoms with Crippen molar-refractivity contribution in [3.8, 4) is 0 Å². The second-order valence-electron chi connectivity index (χ2n) is 3.45. The van der Waals surface area contributed by atoms with Crippen LogP contribution in [0.1, 0.15) is 16.8 Å². The standard InChI is InChI=1S/C12H11ClN2O/c13-11-4-2-1-3-10(11)12(16)5-7-15-8-6-14-9-15/h1-4,6,8-9H,5,7H2. The Morgan fingerprint density at radius 1 is 1.38 bits per heavy atom. The van der Waals surface area contributed by atoms with E-state index in [-0.39, 0.29) is 5.78 Å². The van der Waals surface area contributed by atoms with Crippen molar-refractivity contribution in [2.75, 3.05) is 0 Å². The average molecular weight is 235 g/mol. The quantitative estimate of drug-likeness (QED) is 0.763. The minimum atomic E-state index is 0.0549. The Morgan fingerprint density at radius 3 is 2.88 bits per heavy atom. The van der Waals surface area contributed by atoms with Gasteiger partial charge < -0.3 is 4.57 Å². The van der Waals surface area contributed by atoms with Gasteiger partial charge in [0.15, 0.2) is 5.78 Å². The molecule has 2 rings (SSSR count). The molecule has 4 heteroatoms. The van der Waals surface area contributed by atoms with Crippen molar-refractivity contribution >= 4 is 17.4 Å². The number of imidazole rings is 1. The average Bonchev–Trinajstić information content (AvgIpc) is 2.79. The van der Waals surface area contributed by atoms with Gasteiger partial charge in [0.05, 0.1) is 11.3 Å². The molecule has 3 nitrogen and oxygen atoms in total. The lowest BCUT2D eigenvalue weighted by Gasteiger charge is -2.03. The van der Waals surface area contributed by atoms with Crippen LogP contribution in [0.4, 0.5) is 0 Å². The molecule has 0 saturated carbocycles. The highest BCUT2D eigenvalue weighted by Gasteiger charge is 2.09. The van der Waals surface area contributed by atoms with Gasteiger partial charge in [0.2, 0.25) is 0 Å². The number of halogens is 1. The summed E-state index contributed by atoms with van der Waals surface area (Å²) < 4.78 is 1.87. The van der Waals surface area contributed by atoms with E-state index in [1.807, 2.05) is 22.9 Å². The fraction of sp³-hybridized carbons (Fsp3) is 0.167. The summed E-state index contributed by atoms with van der Waals surface area (Å²) >= 11 is 5.94. The third-order valence-electron chi connectivity index (χ3n) is 2.33. The fourth-order valence-corrected chi connectivity index (χ4v) is 1.71. The predicted molar refractivity (Wildman–Crippen MR) is 62.6 cm³/mol. The molecule has 0 bridgehead atoms. The molecule has 0 spiro atoms. The summed E-state index contributed by atoms with van der Waals surface area (Å²) in [5.41, 5.74) is 0.587. The van der Waals surface area contributed by atoms with Gasteiger partial charge in [0, 0.05) is 30.9 Å². The molecule has 16 heavy (non-hydrogen) atoms. The topological polar surface area (TPSA) is 34.9 Å². The third-order valence-corrected chi connectivity index (χ3v) is 2.66. The Balaban J connectivity index is 2.01. The van der Waals surface area contributed by atoms with Crippen LogP contribution < -0.4 is 0 Å². The van der Waals surface area contributed by atoms with Crippen molar-refractivity contribution in [1.82, 2.24) is 9.55 Å². The summed E-state index contributed by atoms with van der Waals surface area (Å²) in [5.74, 6) is 0.0549. The van der Waals surface area contributed by atoms with E-state index in [4.69, 9.17) is 11.6 Å². The van der Waals surface area contributed by atoms with Crippen molar-refractivity contribution in [3.05, 3.63) is 53.6 Å². The second-order valence-corrected chi connectivity index (χ2v) is 3.86. The Hall–Kier alpha value is -1.61. The van der Waals surface area contributed by atoms with Crippen molar-refractivity contribution in [3.63, 3.8) is 0 Å². The van der Waals surface area contributed by atoms with Crippen LogP contribution in [0.3, 0.4) is 0 Å². The Labute approximate surface area is 98.7 Å². The van der Waals surface area contributed by atoms with Gasteiger partial charge in [-0.05, 0) is 12.1 Å². The van der Waals surface area contributed by atoms with E-state index in [1.54, 1.807) is 24.7 Å². The maximum absolute atomic E-state index is 11.8. The Kier molecular flexibility index (Phi) is 3.37. The van der Waals surface area contributed by atoms with Gasteiger partial charge in [-0.25, -0.2) is 4.98 Å². The van der Waals surface area contributed by atoms with Crippen LogP contribution >= 0.6 is 11.6 Å².